The van der Waals surface area contributed by atoms with Crippen LogP contribution in [0.4, 0.5) is 13.2 Å². The van der Waals surface area contributed by atoms with Gasteiger partial charge in [-0.1, -0.05) is 13.0 Å². The van der Waals surface area contributed by atoms with Gasteiger partial charge in [-0.05, 0) is 38.1 Å². The molecule has 1 aromatic heterocycles. The summed E-state index contributed by atoms with van der Waals surface area (Å²) < 4.78 is 41.1. The first-order valence-electron chi connectivity index (χ1n) is 6.64. The lowest BCUT2D eigenvalue weighted by Crippen LogP contribution is -2.16. The molecule has 0 aliphatic heterocycles. The monoisotopic (exact) mass is 298 g/mol. The fraction of sp³-hybridized carbons (Fsp3) is 0.429. The highest BCUT2D eigenvalue weighted by Gasteiger charge is 2.35. The van der Waals surface area contributed by atoms with Crippen molar-refractivity contribution < 1.29 is 13.2 Å². The second-order valence-corrected chi connectivity index (χ2v) is 4.75. The van der Waals surface area contributed by atoms with E-state index in [0.717, 1.165) is 6.07 Å². The third-order valence-electron chi connectivity index (χ3n) is 3.05. The number of aromatic nitrogens is 3. The van der Waals surface area contributed by atoms with Gasteiger partial charge in [-0.25, -0.2) is 9.67 Å². The number of nitrogens with zero attached hydrogens (tertiary/aromatic N) is 3. The van der Waals surface area contributed by atoms with Gasteiger partial charge in [0.05, 0.1) is 11.3 Å². The smallest absolute Gasteiger partial charge is 0.313 e. The predicted octanol–water partition coefficient (Wildman–Crippen LogP) is 3.01. The Kier molecular flexibility index (Phi) is 4.32. The molecule has 2 rings (SSSR count). The molecule has 0 atom stereocenters. The van der Waals surface area contributed by atoms with Crippen LogP contribution in [0.25, 0.3) is 5.69 Å². The summed E-state index contributed by atoms with van der Waals surface area (Å²) in [6.07, 6.45) is -4.44. The molecule has 0 aliphatic rings. The van der Waals surface area contributed by atoms with Crippen molar-refractivity contribution in [3.8, 4) is 5.69 Å². The number of nitrogens with one attached hydrogen (secondary N) is 1. The van der Waals surface area contributed by atoms with Crippen LogP contribution in [0.2, 0.25) is 0 Å². The van der Waals surface area contributed by atoms with E-state index in [9.17, 15) is 13.2 Å². The van der Waals surface area contributed by atoms with Crippen LogP contribution in [0.1, 0.15) is 29.7 Å². The van der Waals surface area contributed by atoms with E-state index in [0.29, 0.717) is 30.3 Å². The number of halogens is 3. The molecule has 4 nitrogen and oxygen atoms in total. The average Bonchev–Trinajstić information content (AvgIpc) is 2.74. The number of benzene rings is 1. The van der Waals surface area contributed by atoms with Crippen molar-refractivity contribution in [3.05, 3.63) is 41.0 Å². The van der Waals surface area contributed by atoms with Gasteiger partial charge in [-0.3, -0.25) is 0 Å². The first-order valence-corrected chi connectivity index (χ1v) is 6.64. The second-order valence-electron chi connectivity index (χ2n) is 4.75. The first kappa shape index (κ1) is 15.5. The van der Waals surface area contributed by atoms with Crippen LogP contribution in [0.15, 0.2) is 18.2 Å². The molecule has 1 heterocycles. The molecule has 1 N–H and O–H groups in total. The zero-order valence-corrected chi connectivity index (χ0v) is 12.1. The van der Waals surface area contributed by atoms with E-state index < -0.39 is 11.7 Å². The molecule has 1 aromatic carbocycles. The maximum atomic E-state index is 13.3. The van der Waals surface area contributed by atoms with Gasteiger partial charge < -0.3 is 5.32 Å². The van der Waals surface area contributed by atoms with Crippen LogP contribution < -0.4 is 5.32 Å². The molecule has 114 valence electrons. The van der Waals surface area contributed by atoms with E-state index in [-0.39, 0.29) is 5.69 Å². The Hall–Kier alpha value is -1.89. The van der Waals surface area contributed by atoms with Crippen LogP contribution in [0, 0.1) is 13.8 Å². The highest BCUT2D eigenvalue weighted by atomic mass is 19.4. The van der Waals surface area contributed by atoms with E-state index in [1.165, 1.54) is 10.7 Å². The number of hydrogen-bond acceptors (Lipinski definition) is 3. The summed E-state index contributed by atoms with van der Waals surface area (Å²) in [5.74, 6) is 0.870. The van der Waals surface area contributed by atoms with Crippen LogP contribution in [-0.4, -0.2) is 21.3 Å². The van der Waals surface area contributed by atoms with Gasteiger partial charge in [0.1, 0.15) is 11.6 Å². The molecule has 0 fully saturated rings. The fourth-order valence-corrected chi connectivity index (χ4v) is 2.12. The van der Waals surface area contributed by atoms with Gasteiger partial charge >= 0.3 is 6.18 Å². The Bertz CT molecular complexity index is 632. The number of alkyl halides is 3. The molecular weight excluding hydrogens is 281 g/mol. The standard InChI is InChI=1S/C14H17F3N4/c1-4-18-8-11-5-6-13(12(7-11)14(15,16)17)21-10(3)19-9(2)20-21/h5-7,18H,4,8H2,1-3H3. The Morgan fingerprint density at radius 1 is 1.24 bits per heavy atom. The molecule has 0 aliphatic carbocycles. The summed E-state index contributed by atoms with van der Waals surface area (Å²) >= 11 is 0. The highest BCUT2D eigenvalue weighted by Crippen LogP contribution is 2.34. The van der Waals surface area contributed by atoms with Gasteiger partial charge in [0.25, 0.3) is 0 Å². The largest absolute Gasteiger partial charge is 0.418 e. The van der Waals surface area contributed by atoms with Gasteiger partial charge in [-0.15, -0.1) is 0 Å². The lowest BCUT2D eigenvalue weighted by molar-refractivity contribution is -0.137. The lowest BCUT2D eigenvalue weighted by atomic mass is 10.1. The number of rotatable bonds is 4. The van der Waals surface area contributed by atoms with E-state index in [1.807, 2.05) is 6.92 Å². The van der Waals surface area contributed by atoms with Crippen molar-refractivity contribution in [1.82, 2.24) is 20.1 Å². The minimum Gasteiger partial charge on any atom is -0.313 e. The van der Waals surface area contributed by atoms with Gasteiger partial charge in [0.2, 0.25) is 0 Å². The van der Waals surface area contributed by atoms with E-state index in [2.05, 4.69) is 15.4 Å². The first-order chi connectivity index (χ1) is 9.82. The summed E-state index contributed by atoms with van der Waals surface area (Å²) in [6.45, 7) is 6.28. The van der Waals surface area contributed by atoms with Crippen molar-refractivity contribution in [2.24, 2.45) is 0 Å². The van der Waals surface area contributed by atoms with E-state index >= 15 is 0 Å². The summed E-state index contributed by atoms with van der Waals surface area (Å²) in [4.78, 5) is 4.05. The zero-order valence-electron chi connectivity index (χ0n) is 12.1. The molecule has 0 bridgehead atoms. The van der Waals surface area contributed by atoms with E-state index in [4.69, 9.17) is 0 Å². The third-order valence-corrected chi connectivity index (χ3v) is 3.05. The molecule has 0 saturated carbocycles. The Morgan fingerprint density at radius 2 is 1.95 bits per heavy atom. The molecular formula is C14H17F3N4. The summed E-state index contributed by atoms with van der Waals surface area (Å²) in [7, 11) is 0. The molecule has 21 heavy (non-hydrogen) atoms. The number of hydrogen-bond donors (Lipinski definition) is 1. The van der Waals surface area contributed by atoms with Crippen LogP contribution in [0.3, 0.4) is 0 Å². The second kappa shape index (κ2) is 5.85. The zero-order chi connectivity index (χ0) is 15.6. The minimum absolute atomic E-state index is 0.000786. The average molecular weight is 298 g/mol. The molecule has 2 aromatic rings. The van der Waals surface area contributed by atoms with Crippen LogP contribution in [-0.2, 0) is 12.7 Å². The molecule has 0 radical (unpaired) electrons. The maximum Gasteiger partial charge on any atom is 0.418 e. The lowest BCUT2D eigenvalue weighted by Gasteiger charge is -2.15. The van der Waals surface area contributed by atoms with E-state index in [1.54, 1.807) is 19.9 Å². The topological polar surface area (TPSA) is 42.7 Å². The van der Waals surface area contributed by atoms with Crippen molar-refractivity contribution in [1.29, 1.82) is 0 Å². The van der Waals surface area contributed by atoms with Crippen molar-refractivity contribution in [3.63, 3.8) is 0 Å². The van der Waals surface area contributed by atoms with Crippen LogP contribution in [0.5, 0.6) is 0 Å². The van der Waals surface area contributed by atoms with Gasteiger partial charge in [-0.2, -0.15) is 18.3 Å². The Morgan fingerprint density at radius 3 is 2.48 bits per heavy atom. The molecule has 0 spiro atoms. The third kappa shape index (κ3) is 3.41. The molecule has 0 unspecified atom stereocenters. The summed E-state index contributed by atoms with van der Waals surface area (Å²) in [6, 6.07) is 4.27. The predicted molar refractivity (Wildman–Crippen MR) is 73.2 cm³/mol. The van der Waals surface area contributed by atoms with Crippen LogP contribution >= 0.6 is 0 Å². The Labute approximate surface area is 121 Å². The van der Waals surface area contributed by atoms with Gasteiger partial charge in [0, 0.05) is 6.54 Å². The van der Waals surface area contributed by atoms with Gasteiger partial charge in [0.15, 0.2) is 0 Å². The molecule has 0 saturated heterocycles. The fourth-order valence-electron chi connectivity index (χ4n) is 2.12. The van der Waals surface area contributed by atoms with Crippen molar-refractivity contribution in [2.75, 3.05) is 6.54 Å². The number of aryl methyl sites for hydroxylation is 2. The summed E-state index contributed by atoms with van der Waals surface area (Å²) in [5, 5.41) is 7.05. The molecule has 0 amide bonds. The SMILES string of the molecule is CCNCc1ccc(-n2nc(C)nc2C)c(C(F)(F)F)c1. The Balaban J connectivity index is 2.53. The normalized spacial score (nSPS) is 11.9. The minimum atomic E-state index is -4.44. The van der Waals surface area contributed by atoms with Crippen molar-refractivity contribution >= 4 is 0 Å². The quantitative estimate of drug-likeness (QED) is 0.943. The maximum absolute atomic E-state index is 13.3. The molecule has 7 heteroatoms. The highest BCUT2D eigenvalue weighted by molar-refractivity contribution is 5.45. The summed E-state index contributed by atoms with van der Waals surface area (Å²) in [5.41, 5.74) is -0.117. The van der Waals surface area contributed by atoms with Crippen molar-refractivity contribution in [2.45, 2.75) is 33.5 Å².